The highest BCUT2D eigenvalue weighted by Crippen LogP contribution is 2.38. The van der Waals surface area contributed by atoms with E-state index in [1.807, 2.05) is 0 Å². The maximum absolute atomic E-state index is 12.4. The molecule has 1 aromatic rings. The second-order valence-corrected chi connectivity index (χ2v) is 9.67. The van der Waals surface area contributed by atoms with Crippen LogP contribution in [0.4, 0.5) is 0 Å². The first kappa shape index (κ1) is 14.9. The van der Waals surface area contributed by atoms with Crippen LogP contribution in [-0.4, -0.2) is 35.8 Å². The minimum Gasteiger partial charge on any atom is -0.385 e. The van der Waals surface area contributed by atoms with E-state index in [9.17, 15) is 16.8 Å². The maximum Gasteiger partial charge on any atom is 0.247 e. The minimum atomic E-state index is -3.85. The van der Waals surface area contributed by atoms with Crippen LogP contribution in [0.5, 0.6) is 0 Å². The Balaban J connectivity index is 2.42. The van der Waals surface area contributed by atoms with Gasteiger partial charge in [-0.2, -0.15) is 0 Å². The van der Waals surface area contributed by atoms with Crippen LogP contribution in [0.25, 0.3) is 0 Å². The first-order valence-electron chi connectivity index (χ1n) is 5.65. The van der Waals surface area contributed by atoms with Crippen molar-refractivity contribution < 1.29 is 21.6 Å². The van der Waals surface area contributed by atoms with Crippen LogP contribution in [0.3, 0.4) is 0 Å². The number of primary sulfonamides is 1. The van der Waals surface area contributed by atoms with Gasteiger partial charge in [-0.1, -0.05) is 0 Å². The summed E-state index contributed by atoms with van der Waals surface area (Å²) in [6.45, 7) is 0.368. The zero-order chi connectivity index (χ0) is 14.3. The number of rotatable bonds is 4. The molecule has 0 spiro atoms. The number of hydrogen-bond donors (Lipinski definition) is 1. The number of fused-ring (bicyclic) bond motifs is 1. The summed E-state index contributed by atoms with van der Waals surface area (Å²) in [5.41, 5.74) is 0.558. The van der Waals surface area contributed by atoms with Crippen LogP contribution < -0.4 is 5.14 Å². The lowest BCUT2D eigenvalue weighted by Crippen LogP contribution is -2.27. The van der Waals surface area contributed by atoms with E-state index in [4.69, 9.17) is 9.88 Å². The summed E-state index contributed by atoms with van der Waals surface area (Å²) >= 11 is 0.745. The first-order chi connectivity index (χ1) is 8.76. The predicted octanol–water partition coefficient (Wildman–Crippen LogP) is 0.521. The number of hydrogen-bond acceptors (Lipinski definition) is 6. The van der Waals surface area contributed by atoms with Crippen LogP contribution in [0.15, 0.2) is 14.5 Å². The topological polar surface area (TPSA) is 104 Å². The van der Waals surface area contributed by atoms with E-state index in [0.29, 0.717) is 31.4 Å². The number of ether oxygens (including phenoxy) is 1. The normalized spacial score (nSPS) is 22.1. The van der Waals surface area contributed by atoms with Crippen molar-refractivity contribution in [3.8, 4) is 0 Å². The molecule has 1 atom stereocenters. The van der Waals surface area contributed by atoms with Gasteiger partial charge in [-0.3, -0.25) is 0 Å². The van der Waals surface area contributed by atoms with Gasteiger partial charge >= 0.3 is 0 Å². The molecule has 108 valence electrons. The van der Waals surface area contributed by atoms with E-state index in [-0.39, 0.29) is 8.42 Å². The van der Waals surface area contributed by atoms with Gasteiger partial charge < -0.3 is 4.74 Å². The molecule has 0 bridgehead atoms. The molecule has 1 aliphatic rings. The van der Waals surface area contributed by atoms with Crippen molar-refractivity contribution in [2.75, 3.05) is 13.7 Å². The Bertz CT molecular complexity index is 674. The van der Waals surface area contributed by atoms with Gasteiger partial charge in [0, 0.05) is 13.7 Å². The average Bonchev–Trinajstić information content (AvgIpc) is 2.73. The number of thiophene rings is 1. The van der Waals surface area contributed by atoms with Crippen LogP contribution in [0.2, 0.25) is 0 Å². The summed E-state index contributed by atoms with van der Waals surface area (Å²) in [7, 11) is -5.81. The Morgan fingerprint density at radius 3 is 2.79 bits per heavy atom. The summed E-state index contributed by atoms with van der Waals surface area (Å²) in [5.74, 6) is 0. The third kappa shape index (κ3) is 2.84. The summed E-state index contributed by atoms with van der Waals surface area (Å²) in [6.07, 6.45) is 1.45. The Kier molecular flexibility index (Phi) is 4.03. The molecule has 0 radical (unpaired) electrons. The number of aryl methyl sites for hydroxylation is 1. The highest BCUT2D eigenvalue weighted by Gasteiger charge is 2.36. The van der Waals surface area contributed by atoms with Crippen molar-refractivity contribution in [2.45, 2.75) is 32.9 Å². The largest absolute Gasteiger partial charge is 0.385 e. The number of nitrogens with two attached hydrogens (primary N) is 1. The van der Waals surface area contributed by atoms with Crippen LogP contribution in [0, 0.1) is 0 Å². The quantitative estimate of drug-likeness (QED) is 0.869. The van der Waals surface area contributed by atoms with Gasteiger partial charge in [0.2, 0.25) is 10.0 Å². The van der Waals surface area contributed by atoms with Crippen molar-refractivity contribution in [3.63, 3.8) is 0 Å². The van der Waals surface area contributed by atoms with Gasteiger partial charge in [0.1, 0.15) is 8.42 Å². The fourth-order valence-electron chi connectivity index (χ4n) is 2.11. The maximum atomic E-state index is 12.4. The Labute approximate surface area is 116 Å². The molecule has 6 nitrogen and oxygen atoms in total. The third-order valence-corrected chi connectivity index (χ3v) is 8.57. The van der Waals surface area contributed by atoms with E-state index >= 15 is 0 Å². The molecule has 2 heterocycles. The van der Waals surface area contributed by atoms with Crippen LogP contribution in [-0.2, 0) is 31.0 Å². The smallest absolute Gasteiger partial charge is 0.247 e. The molecule has 9 heteroatoms. The second kappa shape index (κ2) is 5.13. The van der Waals surface area contributed by atoms with E-state index in [0.717, 1.165) is 11.3 Å². The molecule has 0 aliphatic carbocycles. The predicted molar refractivity (Wildman–Crippen MR) is 71.5 cm³/mol. The minimum absolute atomic E-state index is 0.0894. The molecule has 2 rings (SSSR count). The molecule has 1 aliphatic heterocycles. The summed E-state index contributed by atoms with van der Waals surface area (Å²) in [5, 5.41) is 4.53. The zero-order valence-corrected chi connectivity index (χ0v) is 12.8. The molecule has 0 saturated carbocycles. The molecule has 0 amide bonds. The third-order valence-electron chi connectivity index (χ3n) is 3.10. The molecule has 19 heavy (non-hydrogen) atoms. The van der Waals surface area contributed by atoms with Gasteiger partial charge in [-0.15, -0.1) is 11.3 Å². The molecule has 0 fully saturated rings. The number of sulfonamides is 1. The average molecular weight is 325 g/mol. The SMILES string of the molecule is COCCC1CCc2cc(S(N)(=O)=O)sc2S1(=O)=O. The lowest BCUT2D eigenvalue weighted by Gasteiger charge is -2.21. The molecular weight excluding hydrogens is 310 g/mol. The van der Waals surface area contributed by atoms with Crippen LogP contribution in [0.1, 0.15) is 18.4 Å². The monoisotopic (exact) mass is 325 g/mol. The lowest BCUT2D eigenvalue weighted by molar-refractivity contribution is 0.192. The lowest BCUT2D eigenvalue weighted by atomic mass is 10.1. The van der Waals surface area contributed by atoms with E-state index in [1.165, 1.54) is 13.2 Å². The fraction of sp³-hybridized carbons (Fsp3) is 0.600. The Morgan fingerprint density at radius 1 is 1.53 bits per heavy atom. The molecular formula is C10H15NO5S3. The number of sulfone groups is 1. The highest BCUT2D eigenvalue weighted by atomic mass is 32.3. The van der Waals surface area contributed by atoms with Crippen molar-refractivity contribution in [1.29, 1.82) is 0 Å². The Morgan fingerprint density at radius 2 is 2.21 bits per heavy atom. The van der Waals surface area contributed by atoms with Crippen LogP contribution >= 0.6 is 11.3 Å². The molecule has 1 aromatic heterocycles. The van der Waals surface area contributed by atoms with Crippen molar-refractivity contribution in [1.82, 2.24) is 0 Å². The van der Waals surface area contributed by atoms with Crippen molar-refractivity contribution in [3.05, 3.63) is 11.6 Å². The molecule has 1 unspecified atom stereocenters. The summed E-state index contributed by atoms with van der Waals surface area (Å²) in [6, 6.07) is 1.37. The zero-order valence-electron chi connectivity index (χ0n) is 10.3. The standard InChI is InChI=1S/C10H15NO5S3/c1-16-5-4-8-3-2-7-6-9(19(11,14)15)17-10(7)18(8,12)13/h6,8H,2-5H2,1H3,(H2,11,14,15). The summed E-state index contributed by atoms with van der Waals surface area (Å²) < 4.78 is 52.3. The van der Waals surface area contributed by atoms with Gasteiger partial charge in [0.25, 0.3) is 0 Å². The van der Waals surface area contributed by atoms with E-state index in [1.54, 1.807) is 0 Å². The first-order valence-corrected chi connectivity index (χ1v) is 9.56. The molecule has 0 saturated heterocycles. The molecule has 0 aromatic carbocycles. The van der Waals surface area contributed by atoms with Crippen molar-refractivity contribution in [2.24, 2.45) is 5.14 Å². The Hall–Kier alpha value is -0.480. The second-order valence-electron chi connectivity index (χ2n) is 4.41. The fourth-order valence-corrected chi connectivity index (χ4v) is 6.78. The van der Waals surface area contributed by atoms with Gasteiger partial charge in [0.15, 0.2) is 9.84 Å². The van der Waals surface area contributed by atoms with Gasteiger partial charge in [-0.25, -0.2) is 22.0 Å². The highest BCUT2D eigenvalue weighted by molar-refractivity contribution is 7.95. The van der Waals surface area contributed by atoms with E-state index < -0.39 is 25.1 Å². The summed E-state index contributed by atoms with van der Waals surface area (Å²) in [4.78, 5) is 0. The molecule has 2 N–H and O–H groups in total. The van der Waals surface area contributed by atoms with Crippen molar-refractivity contribution >= 4 is 31.2 Å². The van der Waals surface area contributed by atoms with E-state index in [2.05, 4.69) is 0 Å². The number of methoxy groups -OCH3 is 1. The van der Waals surface area contributed by atoms with Gasteiger partial charge in [-0.05, 0) is 30.9 Å². The van der Waals surface area contributed by atoms with Gasteiger partial charge in [0.05, 0.1) is 5.25 Å².